The van der Waals surface area contributed by atoms with E-state index in [2.05, 4.69) is 31.1 Å². The van der Waals surface area contributed by atoms with Crippen LogP contribution in [-0.2, 0) is 6.54 Å². The van der Waals surface area contributed by atoms with Crippen LogP contribution < -0.4 is 10.1 Å². The maximum Gasteiger partial charge on any atom is 0.232 e. The first-order valence-corrected chi connectivity index (χ1v) is 7.34. The summed E-state index contributed by atoms with van der Waals surface area (Å²) in [5.41, 5.74) is 1.17. The van der Waals surface area contributed by atoms with E-state index in [9.17, 15) is 0 Å². The molecule has 19 heavy (non-hydrogen) atoms. The first-order valence-electron chi connectivity index (χ1n) is 6.96. The minimum absolute atomic E-state index is 0.0892. The minimum atomic E-state index is 0.0892. The molecule has 0 atom stereocenters. The highest BCUT2D eigenvalue weighted by Gasteiger charge is 2.21. The van der Waals surface area contributed by atoms with Gasteiger partial charge in [-0.05, 0) is 44.7 Å². The van der Waals surface area contributed by atoms with Crippen molar-refractivity contribution in [2.24, 2.45) is 5.92 Å². The molecule has 1 N–H and O–H groups in total. The van der Waals surface area contributed by atoms with E-state index in [0.29, 0.717) is 10.9 Å². The lowest BCUT2D eigenvalue weighted by Gasteiger charge is -2.20. The van der Waals surface area contributed by atoms with Gasteiger partial charge in [0.1, 0.15) is 5.02 Å². The predicted molar refractivity (Wildman–Crippen MR) is 78.7 cm³/mol. The van der Waals surface area contributed by atoms with Crippen LogP contribution in [0.15, 0.2) is 12.3 Å². The molecule has 1 aliphatic carbocycles. The maximum absolute atomic E-state index is 6.20. The van der Waals surface area contributed by atoms with Crippen LogP contribution in [0.1, 0.15) is 45.6 Å². The number of ether oxygens (including phenoxy) is 1. The summed E-state index contributed by atoms with van der Waals surface area (Å²) in [4.78, 5) is 4.30. The standard InChI is InChI=1S/C15H23ClN2O/c1-15(2,3)18-10-12-8-13(16)14(17-9-12)19-7-6-11-4-5-11/h8-9,11,18H,4-7,10H2,1-3H3. The van der Waals surface area contributed by atoms with Gasteiger partial charge >= 0.3 is 0 Å². The fraction of sp³-hybridized carbons (Fsp3) is 0.667. The Morgan fingerprint density at radius 3 is 2.74 bits per heavy atom. The second-order valence-corrected chi connectivity index (χ2v) is 6.72. The molecule has 0 unspecified atom stereocenters. The predicted octanol–water partition coefficient (Wildman–Crippen LogP) is 3.80. The molecule has 0 amide bonds. The van der Waals surface area contributed by atoms with Gasteiger partial charge in [-0.2, -0.15) is 0 Å². The van der Waals surface area contributed by atoms with Crippen molar-refractivity contribution in [1.82, 2.24) is 10.3 Å². The van der Waals surface area contributed by atoms with Crippen molar-refractivity contribution < 1.29 is 4.74 Å². The third kappa shape index (κ3) is 5.37. The van der Waals surface area contributed by atoms with Gasteiger partial charge in [0.25, 0.3) is 0 Å². The van der Waals surface area contributed by atoms with Gasteiger partial charge in [0.15, 0.2) is 0 Å². The smallest absolute Gasteiger partial charge is 0.232 e. The summed E-state index contributed by atoms with van der Waals surface area (Å²) >= 11 is 6.20. The Kier molecular flexibility index (Phi) is 4.69. The SMILES string of the molecule is CC(C)(C)NCc1cnc(OCCC2CC2)c(Cl)c1. The van der Waals surface area contributed by atoms with Crippen LogP contribution in [0.4, 0.5) is 0 Å². The molecule has 0 spiro atoms. The van der Waals surface area contributed by atoms with Crippen molar-refractivity contribution in [3.05, 3.63) is 22.8 Å². The fourth-order valence-electron chi connectivity index (χ4n) is 1.76. The molecule has 0 aliphatic heterocycles. The van der Waals surface area contributed by atoms with Crippen LogP contribution in [0.25, 0.3) is 0 Å². The van der Waals surface area contributed by atoms with Gasteiger partial charge in [-0.25, -0.2) is 4.98 Å². The van der Waals surface area contributed by atoms with Gasteiger partial charge in [-0.3, -0.25) is 0 Å². The zero-order valence-electron chi connectivity index (χ0n) is 12.0. The lowest BCUT2D eigenvalue weighted by atomic mass is 10.1. The third-order valence-corrected chi connectivity index (χ3v) is 3.42. The number of rotatable bonds is 6. The first kappa shape index (κ1) is 14.6. The monoisotopic (exact) mass is 282 g/mol. The Bertz CT molecular complexity index is 425. The molecule has 2 rings (SSSR count). The molecule has 0 radical (unpaired) electrons. The molecule has 4 heteroatoms. The van der Waals surface area contributed by atoms with E-state index in [-0.39, 0.29) is 5.54 Å². The number of aromatic nitrogens is 1. The number of nitrogens with one attached hydrogen (secondary N) is 1. The molecule has 0 saturated heterocycles. The van der Waals surface area contributed by atoms with Crippen LogP contribution in [0, 0.1) is 5.92 Å². The molecule has 1 heterocycles. The summed E-state index contributed by atoms with van der Waals surface area (Å²) in [6.45, 7) is 7.89. The molecular weight excluding hydrogens is 260 g/mol. The average Bonchev–Trinajstić information content (AvgIpc) is 3.12. The van der Waals surface area contributed by atoms with Gasteiger partial charge in [-0.15, -0.1) is 0 Å². The van der Waals surface area contributed by atoms with Crippen LogP contribution >= 0.6 is 11.6 Å². The van der Waals surface area contributed by atoms with Crippen LogP contribution in [-0.4, -0.2) is 17.1 Å². The fourth-order valence-corrected chi connectivity index (χ4v) is 2.01. The second kappa shape index (κ2) is 6.10. The van der Waals surface area contributed by atoms with Crippen molar-refractivity contribution in [1.29, 1.82) is 0 Å². The van der Waals surface area contributed by atoms with Gasteiger partial charge in [0.05, 0.1) is 6.61 Å². The maximum atomic E-state index is 6.20. The zero-order chi connectivity index (χ0) is 13.9. The number of pyridine rings is 1. The van der Waals surface area contributed by atoms with E-state index in [1.807, 2.05) is 12.3 Å². The van der Waals surface area contributed by atoms with E-state index < -0.39 is 0 Å². The molecule has 106 valence electrons. The topological polar surface area (TPSA) is 34.2 Å². The third-order valence-electron chi connectivity index (χ3n) is 3.15. The highest BCUT2D eigenvalue weighted by Crippen LogP contribution is 2.32. The van der Waals surface area contributed by atoms with Crippen molar-refractivity contribution in [2.75, 3.05) is 6.61 Å². The van der Waals surface area contributed by atoms with Gasteiger partial charge < -0.3 is 10.1 Å². The molecular formula is C15H23ClN2O. The van der Waals surface area contributed by atoms with E-state index in [1.54, 1.807) is 0 Å². The molecule has 1 aliphatic rings. The van der Waals surface area contributed by atoms with Crippen molar-refractivity contribution >= 4 is 11.6 Å². The normalized spacial score (nSPS) is 15.6. The molecule has 3 nitrogen and oxygen atoms in total. The molecule has 0 bridgehead atoms. The van der Waals surface area contributed by atoms with Gasteiger partial charge in [0, 0.05) is 18.3 Å². The van der Waals surface area contributed by atoms with E-state index in [1.165, 1.54) is 12.8 Å². The van der Waals surface area contributed by atoms with Crippen molar-refractivity contribution in [3.8, 4) is 5.88 Å². The lowest BCUT2D eigenvalue weighted by Crippen LogP contribution is -2.35. The number of halogens is 1. The Hall–Kier alpha value is -0.800. The Labute approximate surface area is 120 Å². The van der Waals surface area contributed by atoms with Crippen molar-refractivity contribution in [3.63, 3.8) is 0 Å². The number of nitrogens with zero attached hydrogens (tertiary/aromatic N) is 1. The summed E-state index contributed by atoms with van der Waals surface area (Å²) in [6.07, 6.45) is 5.65. The lowest BCUT2D eigenvalue weighted by molar-refractivity contribution is 0.291. The molecule has 1 aromatic rings. The van der Waals surface area contributed by atoms with Gasteiger partial charge in [0.2, 0.25) is 5.88 Å². The summed E-state index contributed by atoms with van der Waals surface area (Å²) in [6, 6.07) is 1.93. The quantitative estimate of drug-likeness (QED) is 0.862. The zero-order valence-corrected chi connectivity index (χ0v) is 12.8. The summed E-state index contributed by atoms with van der Waals surface area (Å²) in [7, 11) is 0. The summed E-state index contributed by atoms with van der Waals surface area (Å²) in [5, 5.41) is 4.01. The first-order chi connectivity index (χ1) is 8.94. The molecule has 1 fully saturated rings. The Morgan fingerprint density at radius 1 is 1.42 bits per heavy atom. The summed E-state index contributed by atoms with van der Waals surface area (Å²) < 4.78 is 5.62. The van der Waals surface area contributed by atoms with Crippen LogP contribution in [0.5, 0.6) is 5.88 Å². The minimum Gasteiger partial charge on any atom is -0.477 e. The van der Waals surface area contributed by atoms with E-state index in [4.69, 9.17) is 16.3 Å². The van der Waals surface area contributed by atoms with Gasteiger partial charge in [-0.1, -0.05) is 24.4 Å². The number of hydrogen-bond acceptors (Lipinski definition) is 3. The molecule has 0 aromatic carbocycles. The van der Waals surface area contributed by atoms with Crippen molar-refractivity contribution in [2.45, 2.75) is 52.1 Å². The Balaban J connectivity index is 1.84. The summed E-state index contributed by atoms with van der Waals surface area (Å²) in [5.74, 6) is 1.43. The largest absolute Gasteiger partial charge is 0.477 e. The highest BCUT2D eigenvalue weighted by molar-refractivity contribution is 6.31. The van der Waals surface area contributed by atoms with E-state index in [0.717, 1.165) is 31.1 Å². The molecule has 1 aromatic heterocycles. The Morgan fingerprint density at radius 2 is 2.16 bits per heavy atom. The van der Waals surface area contributed by atoms with Crippen LogP contribution in [0.2, 0.25) is 5.02 Å². The second-order valence-electron chi connectivity index (χ2n) is 6.31. The molecule has 1 saturated carbocycles. The van der Waals surface area contributed by atoms with E-state index >= 15 is 0 Å². The highest BCUT2D eigenvalue weighted by atomic mass is 35.5. The van der Waals surface area contributed by atoms with Crippen LogP contribution in [0.3, 0.4) is 0 Å². The average molecular weight is 283 g/mol. The number of hydrogen-bond donors (Lipinski definition) is 1.